The quantitative estimate of drug-likeness (QED) is 0.551. The molecule has 1 N–H and O–H groups in total. The first kappa shape index (κ1) is 18.1. The first-order valence-corrected chi connectivity index (χ1v) is 9.07. The van der Waals surface area contributed by atoms with E-state index < -0.39 is 0 Å². The van der Waals surface area contributed by atoms with Crippen LogP contribution in [0.5, 0.6) is 0 Å². The van der Waals surface area contributed by atoms with Crippen LogP contribution in [0.2, 0.25) is 5.02 Å². The molecule has 0 spiro atoms. The molecule has 0 bridgehead atoms. The molecule has 2 aromatic carbocycles. The lowest BCUT2D eigenvalue weighted by Gasteiger charge is -2.10. The third-order valence-corrected chi connectivity index (χ3v) is 4.69. The van der Waals surface area contributed by atoms with Gasteiger partial charge >= 0.3 is 0 Å². The van der Waals surface area contributed by atoms with Crippen LogP contribution in [0.4, 0.5) is 4.39 Å². The van der Waals surface area contributed by atoms with Crippen molar-refractivity contribution < 1.29 is 9.18 Å². The number of pyridine rings is 1. The van der Waals surface area contributed by atoms with Crippen molar-refractivity contribution in [2.75, 3.05) is 0 Å². The Hall–Kier alpha value is -3.25. The normalized spacial score (nSPS) is 10.9. The zero-order valence-corrected chi connectivity index (χ0v) is 15.5. The monoisotopic (exact) mass is 394 g/mol. The smallest absolute Gasteiger partial charge is 0.253 e. The van der Waals surface area contributed by atoms with Crippen LogP contribution in [0.1, 0.15) is 21.7 Å². The van der Waals surface area contributed by atoms with E-state index in [4.69, 9.17) is 11.6 Å². The van der Waals surface area contributed by atoms with Crippen LogP contribution in [0.3, 0.4) is 0 Å². The summed E-state index contributed by atoms with van der Waals surface area (Å²) in [6.45, 7) is 0.673. The summed E-state index contributed by atoms with van der Waals surface area (Å²) in [5, 5.41) is 3.25. The maximum atomic E-state index is 13.2. The lowest BCUT2D eigenvalue weighted by Crippen LogP contribution is -2.25. The van der Waals surface area contributed by atoms with Crippen molar-refractivity contribution >= 4 is 28.7 Å². The molecule has 0 fully saturated rings. The van der Waals surface area contributed by atoms with Crippen molar-refractivity contribution in [2.45, 2.75) is 13.1 Å². The van der Waals surface area contributed by atoms with Crippen LogP contribution in [0.15, 0.2) is 66.9 Å². The van der Waals surface area contributed by atoms with E-state index in [1.54, 1.807) is 42.6 Å². The summed E-state index contributed by atoms with van der Waals surface area (Å²) in [5.74, 6) is 0.0852. The summed E-state index contributed by atoms with van der Waals surface area (Å²) >= 11 is 6.09. The fourth-order valence-corrected chi connectivity index (χ4v) is 3.20. The Bertz CT molecular complexity index is 1140. The highest BCUT2D eigenvalue weighted by Crippen LogP contribution is 2.18. The van der Waals surface area contributed by atoms with Crippen molar-refractivity contribution in [3.63, 3.8) is 0 Å². The molecule has 2 aromatic heterocycles. The van der Waals surface area contributed by atoms with Gasteiger partial charge in [0.1, 0.15) is 17.2 Å². The maximum absolute atomic E-state index is 13.2. The molecule has 7 heteroatoms. The van der Waals surface area contributed by atoms with Crippen molar-refractivity contribution in [1.82, 2.24) is 19.9 Å². The second-order valence-corrected chi connectivity index (χ2v) is 6.66. The Balaban J connectivity index is 1.62. The van der Waals surface area contributed by atoms with Gasteiger partial charge < -0.3 is 9.88 Å². The summed E-state index contributed by atoms with van der Waals surface area (Å²) in [6.07, 6.45) is 1.69. The van der Waals surface area contributed by atoms with Crippen LogP contribution >= 0.6 is 11.6 Å². The van der Waals surface area contributed by atoms with E-state index in [1.165, 1.54) is 12.1 Å². The summed E-state index contributed by atoms with van der Waals surface area (Å²) < 4.78 is 15.1. The van der Waals surface area contributed by atoms with Crippen LogP contribution in [-0.4, -0.2) is 20.4 Å². The van der Waals surface area contributed by atoms with Crippen LogP contribution < -0.4 is 5.32 Å². The van der Waals surface area contributed by atoms with Gasteiger partial charge in [-0.15, -0.1) is 0 Å². The van der Waals surface area contributed by atoms with E-state index in [2.05, 4.69) is 15.3 Å². The molecular formula is C21H16ClFN4O. The van der Waals surface area contributed by atoms with Gasteiger partial charge in [-0.2, -0.15) is 0 Å². The highest BCUT2D eigenvalue weighted by Gasteiger charge is 2.15. The maximum Gasteiger partial charge on any atom is 0.253 e. The van der Waals surface area contributed by atoms with Crippen molar-refractivity contribution in [3.05, 3.63) is 94.7 Å². The van der Waals surface area contributed by atoms with Gasteiger partial charge in [0.15, 0.2) is 5.65 Å². The number of imidazole rings is 1. The molecule has 0 radical (unpaired) electrons. The second kappa shape index (κ2) is 7.78. The van der Waals surface area contributed by atoms with Crippen LogP contribution in [-0.2, 0) is 13.1 Å². The highest BCUT2D eigenvalue weighted by atomic mass is 35.5. The number of nitrogens with zero attached hydrogens (tertiary/aromatic N) is 3. The summed E-state index contributed by atoms with van der Waals surface area (Å²) in [7, 11) is 0. The molecule has 1 amide bonds. The minimum absolute atomic E-state index is 0.210. The third kappa shape index (κ3) is 3.73. The summed E-state index contributed by atoms with van der Waals surface area (Å²) in [4.78, 5) is 21.5. The first-order valence-electron chi connectivity index (χ1n) is 8.69. The van der Waals surface area contributed by atoms with Gasteiger partial charge in [-0.05, 0) is 42.0 Å². The van der Waals surface area contributed by atoms with Crippen LogP contribution in [0, 0.1) is 5.82 Å². The molecule has 0 aliphatic carbocycles. The van der Waals surface area contributed by atoms with Gasteiger partial charge in [-0.1, -0.05) is 35.9 Å². The number of benzene rings is 2. The molecular weight excluding hydrogens is 379 g/mol. The molecule has 4 aromatic rings. The number of fused-ring (bicyclic) bond motifs is 1. The highest BCUT2D eigenvalue weighted by molar-refractivity contribution is 6.33. The van der Waals surface area contributed by atoms with E-state index >= 15 is 0 Å². The minimum Gasteiger partial charge on any atom is -0.345 e. The van der Waals surface area contributed by atoms with Gasteiger partial charge in [0.2, 0.25) is 0 Å². The second-order valence-electron chi connectivity index (χ2n) is 6.25. The predicted molar refractivity (Wildman–Crippen MR) is 106 cm³/mol. The topological polar surface area (TPSA) is 59.8 Å². The number of carbonyl (C=O) groups is 1. The predicted octanol–water partition coefficient (Wildman–Crippen LogP) is 4.20. The largest absolute Gasteiger partial charge is 0.345 e. The molecule has 0 unspecified atom stereocenters. The first-order chi connectivity index (χ1) is 13.6. The van der Waals surface area contributed by atoms with E-state index in [9.17, 15) is 9.18 Å². The minimum atomic E-state index is -0.287. The summed E-state index contributed by atoms with van der Waals surface area (Å²) in [6, 6.07) is 16.8. The van der Waals surface area contributed by atoms with Crippen molar-refractivity contribution in [2.24, 2.45) is 0 Å². The van der Waals surface area contributed by atoms with Gasteiger partial charge in [0, 0.05) is 6.20 Å². The van der Waals surface area contributed by atoms with Gasteiger partial charge in [-0.3, -0.25) is 4.79 Å². The zero-order chi connectivity index (χ0) is 19.5. The SMILES string of the molecule is O=C(NCc1nc2cccnc2n1Cc1ccc(F)cc1)c1ccccc1Cl. The van der Waals surface area contributed by atoms with E-state index in [0.29, 0.717) is 28.6 Å². The molecule has 2 heterocycles. The number of halogens is 2. The molecule has 5 nitrogen and oxygen atoms in total. The van der Waals surface area contributed by atoms with Crippen molar-refractivity contribution in [1.29, 1.82) is 0 Å². The van der Waals surface area contributed by atoms with Gasteiger partial charge in [0.25, 0.3) is 5.91 Å². The molecule has 0 aliphatic rings. The fourth-order valence-electron chi connectivity index (χ4n) is 2.98. The average Bonchev–Trinajstić information content (AvgIpc) is 3.06. The number of nitrogens with one attached hydrogen (secondary N) is 1. The fraction of sp³-hybridized carbons (Fsp3) is 0.0952. The Morgan fingerprint density at radius 2 is 1.86 bits per heavy atom. The van der Waals surface area contributed by atoms with E-state index in [-0.39, 0.29) is 18.3 Å². The number of aromatic nitrogens is 3. The molecule has 4 rings (SSSR count). The molecule has 0 saturated heterocycles. The van der Waals surface area contributed by atoms with Crippen LogP contribution in [0.25, 0.3) is 11.2 Å². The molecule has 0 atom stereocenters. The van der Waals surface area contributed by atoms with Gasteiger partial charge in [0.05, 0.1) is 23.7 Å². The number of amides is 1. The zero-order valence-electron chi connectivity index (χ0n) is 14.8. The Kier molecular flexibility index (Phi) is 5.04. The molecule has 140 valence electrons. The third-order valence-electron chi connectivity index (χ3n) is 4.36. The molecule has 0 aliphatic heterocycles. The number of carbonyl (C=O) groups excluding carboxylic acids is 1. The molecule has 28 heavy (non-hydrogen) atoms. The number of hydrogen-bond acceptors (Lipinski definition) is 3. The lowest BCUT2D eigenvalue weighted by molar-refractivity contribution is 0.0949. The number of rotatable bonds is 5. The Morgan fingerprint density at radius 1 is 1.07 bits per heavy atom. The number of hydrogen-bond donors (Lipinski definition) is 1. The van der Waals surface area contributed by atoms with Gasteiger partial charge in [-0.25, -0.2) is 14.4 Å². The van der Waals surface area contributed by atoms with E-state index in [1.807, 2.05) is 16.7 Å². The van der Waals surface area contributed by atoms with Crippen molar-refractivity contribution in [3.8, 4) is 0 Å². The standard InChI is InChI=1S/C21H16ClFN4O/c22-17-5-2-1-4-16(17)21(28)25-12-19-26-18-6-3-11-24-20(18)27(19)13-14-7-9-15(23)10-8-14/h1-11H,12-13H2,(H,25,28). The summed E-state index contributed by atoms with van der Waals surface area (Å²) in [5.41, 5.74) is 2.74. The Labute approximate surface area is 165 Å². The Morgan fingerprint density at radius 3 is 2.64 bits per heavy atom. The average molecular weight is 395 g/mol. The van der Waals surface area contributed by atoms with E-state index in [0.717, 1.165) is 11.1 Å². The lowest BCUT2D eigenvalue weighted by atomic mass is 10.2. The molecule has 0 saturated carbocycles.